The first-order valence-corrected chi connectivity index (χ1v) is 11.9. The summed E-state index contributed by atoms with van der Waals surface area (Å²) < 4.78 is 10.7. The van der Waals surface area contributed by atoms with Crippen molar-refractivity contribution in [1.82, 2.24) is 19.8 Å². The van der Waals surface area contributed by atoms with Crippen molar-refractivity contribution < 1.29 is 14.3 Å². The van der Waals surface area contributed by atoms with Gasteiger partial charge in [0.05, 0.1) is 32.1 Å². The Bertz CT molecular complexity index is 1130. The van der Waals surface area contributed by atoms with Gasteiger partial charge in [0.2, 0.25) is 0 Å². The fourth-order valence-corrected chi connectivity index (χ4v) is 4.78. The number of methoxy groups -OCH3 is 1. The van der Waals surface area contributed by atoms with E-state index in [2.05, 4.69) is 16.0 Å². The van der Waals surface area contributed by atoms with E-state index in [1.165, 1.54) is 0 Å². The van der Waals surface area contributed by atoms with Gasteiger partial charge in [0.15, 0.2) is 5.82 Å². The first kappa shape index (κ1) is 22.5. The van der Waals surface area contributed by atoms with Crippen molar-refractivity contribution in [3.8, 4) is 17.1 Å². The summed E-state index contributed by atoms with van der Waals surface area (Å²) in [5, 5.41) is 0. The van der Waals surface area contributed by atoms with Gasteiger partial charge in [-0.2, -0.15) is 0 Å². The number of carbonyl (C=O) groups is 1. The Kier molecular flexibility index (Phi) is 6.83. The van der Waals surface area contributed by atoms with Crippen LogP contribution >= 0.6 is 0 Å². The summed E-state index contributed by atoms with van der Waals surface area (Å²) in [4.78, 5) is 27.4. The minimum absolute atomic E-state index is 0.0519. The lowest BCUT2D eigenvalue weighted by Gasteiger charge is -2.29. The van der Waals surface area contributed by atoms with Crippen LogP contribution < -0.4 is 4.74 Å². The molecule has 5 rings (SSSR count). The van der Waals surface area contributed by atoms with Crippen LogP contribution in [0.2, 0.25) is 0 Å². The number of hydrogen-bond donors (Lipinski definition) is 0. The molecule has 1 atom stereocenters. The Labute approximate surface area is 200 Å². The van der Waals surface area contributed by atoms with Gasteiger partial charge in [0.25, 0.3) is 5.91 Å². The molecule has 3 aromatic rings. The highest BCUT2D eigenvalue weighted by Gasteiger charge is 2.33. The van der Waals surface area contributed by atoms with Gasteiger partial charge >= 0.3 is 0 Å². The monoisotopic (exact) mass is 458 g/mol. The van der Waals surface area contributed by atoms with Crippen molar-refractivity contribution in [1.29, 1.82) is 0 Å². The van der Waals surface area contributed by atoms with E-state index in [1.807, 2.05) is 53.4 Å². The Morgan fingerprint density at radius 3 is 2.65 bits per heavy atom. The quantitative estimate of drug-likeness (QED) is 0.557. The zero-order chi connectivity index (χ0) is 23.3. The highest BCUT2D eigenvalue weighted by molar-refractivity contribution is 5.96. The summed E-state index contributed by atoms with van der Waals surface area (Å²) in [5.74, 6) is 1.53. The Balaban J connectivity index is 1.38. The standard InChI is InChI=1S/C27H30N4O3/c1-33-22-10-8-20(9-11-22)26-28-13-12-24(29-26)25-7-4-14-31(25)27(32)23-6-3-2-5-21(23)19-30-15-17-34-18-16-30/h2-3,5-6,8-13,25H,4,7,14-19H2,1H3. The predicted molar refractivity (Wildman–Crippen MR) is 130 cm³/mol. The smallest absolute Gasteiger partial charge is 0.254 e. The van der Waals surface area contributed by atoms with Crippen molar-refractivity contribution in [2.24, 2.45) is 0 Å². The molecule has 2 aromatic carbocycles. The van der Waals surface area contributed by atoms with Gasteiger partial charge in [0, 0.05) is 43.5 Å². The van der Waals surface area contributed by atoms with Gasteiger partial charge < -0.3 is 14.4 Å². The number of ether oxygens (including phenoxy) is 2. The molecule has 7 nitrogen and oxygen atoms in total. The van der Waals surface area contributed by atoms with E-state index in [0.717, 1.165) is 80.4 Å². The number of carbonyl (C=O) groups excluding carboxylic acids is 1. The van der Waals surface area contributed by atoms with Crippen LogP contribution in [0.15, 0.2) is 60.8 Å². The first-order valence-electron chi connectivity index (χ1n) is 11.9. The summed E-state index contributed by atoms with van der Waals surface area (Å²) in [5.41, 5.74) is 3.67. The summed E-state index contributed by atoms with van der Waals surface area (Å²) >= 11 is 0. The van der Waals surface area contributed by atoms with E-state index in [1.54, 1.807) is 13.3 Å². The maximum atomic E-state index is 13.7. The van der Waals surface area contributed by atoms with Crippen molar-refractivity contribution in [3.63, 3.8) is 0 Å². The fraction of sp³-hybridized carbons (Fsp3) is 0.370. The van der Waals surface area contributed by atoms with Gasteiger partial charge in [0.1, 0.15) is 5.75 Å². The third-order valence-corrected chi connectivity index (χ3v) is 6.63. The molecule has 0 aliphatic carbocycles. The molecule has 0 saturated carbocycles. The lowest BCUT2D eigenvalue weighted by molar-refractivity contribution is 0.0339. The van der Waals surface area contributed by atoms with Crippen LogP contribution in [0.5, 0.6) is 5.75 Å². The SMILES string of the molecule is COc1ccc(-c2nccc(C3CCCN3C(=O)c3ccccc3CN3CCOCC3)n2)cc1. The van der Waals surface area contributed by atoms with Crippen molar-refractivity contribution in [2.45, 2.75) is 25.4 Å². The minimum atomic E-state index is -0.0519. The molecule has 2 aliphatic rings. The molecule has 1 aromatic heterocycles. The molecular formula is C27H30N4O3. The van der Waals surface area contributed by atoms with Crippen LogP contribution in [-0.2, 0) is 11.3 Å². The van der Waals surface area contributed by atoms with Gasteiger partial charge in [-0.1, -0.05) is 18.2 Å². The topological polar surface area (TPSA) is 67.8 Å². The third kappa shape index (κ3) is 4.81. The number of morpholine rings is 1. The second-order valence-electron chi connectivity index (χ2n) is 8.74. The lowest BCUT2D eigenvalue weighted by atomic mass is 10.0. The number of hydrogen-bond acceptors (Lipinski definition) is 6. The zero-order valence-corrected chi connectivity index (χ0v) is 19.5. The maximum absolute atomic E-state index is 13.7. The Morgan fingerprint density at radius 2 is 1.85 bits per heavy atom. The maximum Gasteiger partial charge on any atom is 0.254 e. The van der Waals surface area contributed by atoms with E-state index in [-0.39, 0.29) is 11.9 Å². The van der Waals surface area contributed by atoms with E-state index in [0.29, 0.717) is 5.82 Å². The van der Waals surface area contributed by atoms with Crippen LogP contribution in [-0.4, -0.2) is 65.6 Å². The molecule has 7 heteroatoms. The van der Waals surface area contributed by atoms with Crippen LogP contribution in [0.3, 0.4) is 0 Å². The molecule has 1 unspecified atom stereocenters. The number of amides is 1. The van der Waals surface area contributed by atoms with Crippen LogP contribution in [0.25, 0.3) is 11.4 Å². The molecule has 2 fully saturated rings. The van der Waals surface area contributed by atoms with Crippen LogP contribution in [0, 0.1) is 0 Å². The number of aromatic nitrogens is 2. The molecule has 0 radical (unpaired) electrons. The second kappa shape index (κ2) is 10.3. The largest absolute Gasteiger partial charge is 0.497 e. The molecule has 0 spiro atoms. The summed E-state index contributed by atoms with van der Waals surface area (Å²) in [6, 6.07) is 17.6. The highest BCUT2D eigenvalue weighted by atomic mass is 16.5. The van der Waals surface area contributed by atoms with Gasteiger partial charge in [-0.15, -0.1) is 0 Å². The molecule has 0 bridgehead atoms. The Hall–Kier alpha value is -3.29. The van der Waals surface area contributed by atoms with Crippen molar-refractivity contribution in [3.05, 3.63) is 77.6 Å². The van der Waals surface area contributed by atoms with Gasteiger partial charge in [-0.3, -0.25) is 9.69 Å². The minimum Gasteiger partial charge on any atom is -0.497 e. The summed E-state index contributed by atoms with van der Waals surface area (Å²) in [6.45, 7) is 4.77. The van der Waals surface area contributed by atoms with Crippen molar-refractivity contribution in [2.75, 3.05) is 40.0 Å². The average molecular weight is 459 g/mol. The number of nitrogens with zero attached hydrogens (tertiary/aromatic N) is 4. The first-order chi connectivity index (χ1) is 16.7. The molecule has 2 saturated heterocycles. The van der Waals surface area contributed by atoms with E-state index in [4.69, 9.17) is 14.5 Å². The van der Waals surface area contributed by atoms with Crippen LogP contribution in [0.4, 0.5) is 0 Å². The number of benzene rings is 2. The second-order valence-corrected chi connectivity index (χ2v) is 8.74. The van der Waals surface area contributed by atoms with E-state index < -0.39 is 0 Å². The van der Waals surface area contributed by atoms with E-state index >= 15 is 0 Å². The fourth-order valence-electron chi connectivity index (χ4n) is 4.78. The normalized spacial score (nSPS) is 18.7. The lowest BCUT2D eigenvalue weighted by Crippen LogP contribution is -2.37. The van der Waals surface area contributed by atoms with Gasteiger partial charge in [-0.25, -0.2) is 9.97 Å². The molecular weight excluding hydrogens is 428 g/mol. The molecule has 3 heterocycles. The molecule has 0 N–H and O–H groups in total. The van der Waals surface area contributed by atoms with Crippen LogP contribution in [0.1, 0.15) is 40.5 Å². The zero-order valence-electron chi connectivity index (χ0n) is 19.5. The van der Waals surface area contributed by atoms with E-state index in [9.17, 15) is 4.79 Å². The molecule has 34 heavy (non-hydrogen) atoms. The molecule has 1 amide bonds. The Morgan fingerprint density at radius 1 is 1.06 bits per heavy atom. The summed E-state index contributed by atoms with van der Waals surface area (Å²) in [7, 11) is 1.65. The predicted octanol–water partition coefficient (Wildman–Crippen LogP) is 3.96. The number of rotatable bonds is 6. The third-order valence-electron chi connectivity index (χ3n) is 6.63. The summed E-state index contributed by atoms with van der Waals surface area (Å²) in [6.07, 6.45) is 3.65. The number of likely N-dealkylation sites (tertiary alicyclic amines) is 1. The average Bonchev–Trinajstić information content (AvgIpc) is 3.40. The molecule has 2 aliphatic heterocycles. The van der Waals surface area contributed by atoms with Crippen molar-refractivity contribution >= 4 is 5.91 Å². The molecule has 176 valence electrons. The highest BCUT2D eigenvalue weighted by Crippen LogP contribution is 2.33. The van der Waals surface area contributed by atoms with Gasteiger partial charge in [-0.05, 0) is 54.8 Å².